The van der Waals surface area contributed by atoms with E-state index in [0.29, 0.717) is 34.3 Å². The molecule has 2 heterocycles. The van der Waals surface area contributed by atoms with Gasteiger partial charge in [0.1, 0.15) is 11.5 Å². The van der Waals surface area contributed by atoms with Gasteiger partial charge >= 0.3 is 0 Å². The van der Waals surface area contributed by atoms with Crippen LogP contribution in [0, 0.1) is 10.1 Å². The van der Waals surface area contributed by atoms with Crippen molar-refractivity contribution in [1.82, 2.24) is 4.98 Å². The number of carbonyl (C=O) groups is 2. The van der Waals surface area contributed by atoms with Gasteiger partial charge in [0, 0.05) is 24.3 Å². The number of furan rings is 1. The standard InChI is InChI=1S/C24H20N4O5S/c1-2-5-22(29)27-24-26-18-11-8-15(14-21(18)34-24)25-23(30)13-10-16-9-12-20(33-16)17-6-3-4-7-19(17)28(31)32/h3-4,6-14H,2,5H2,1H3,(H,25,30)(H,26,27,29)/b13-10+. The average Bonchev–Trinajstić information content (AvgIpc) is 3.44. The lowest BCUT2D eigenvalue weighted by Crippen LogP contribution is -2.09. The number of nitrogens with one attached hydrogen (secondary N) is 2. The number of fused-ring (bicyclic) bond motifs is 1. The van der Waals surface area contributed by atoms with Crippen molar-refractivity contribution in [3.05, 3.63) is 76.5 Å². The number of carbonyl (C=O) groups excluding carboxylic acids is 2. The topological polar surface area (TPSA) is 127 Å². The Morgan fingerprint density at radius 1 is 1.15 bits per heavy atom. The second-order valence-corrected chi connectivity index (χ2v) is 8.33. The van der Waals surface area contributed by atoms with Crippen molar-refractivity contribution in [3.63, 3.8) is 0 Å². The maximum Gasteiger partial charge on any atom is 0.280 e. The van der Waals surface area contributed by atoms with Crippen LogP contribution in [-0.4, -0.2) is 21.7 Å². The summed E-state index contributed by atoms with van der Waals surface area (Å²) in [6.45, 7) is 1.93. The molecule has 4 rings (SSSR count). The number of amides is 2. The average molecular weight is 477 g/mol. The van der Waals surface area contributed by atoms with Crippen molar-refractivity contribution in [1.29, 1.82) is 0 Å². The highest BCUT2D eigenvalue weighted by atomic mass is 32.1. The Bertz CT molecular complexity index is 1410. The van der Waals surface area contributed by atoms with E-state index in [-0.39, 0.29) is 17.5 Å². The van der Waals surface area contributed by atoms with Gasteiger partial charge < -0.3 is 15.1 Å². The van der Waals surface area contributed by atoms with Crippen LogP contribution < -0.4 is 10.6 Å². The van der Waals surface area contributed by atoms with Crippen LogP contribution >= 0.6 is 11.3 Å². The third-order valence-corrected chi connectivity index (χ3v) is 5.70. The second kappa shape index (κ2) is 10.1. The minimum Gasteiger partial charge on any atom is -0.456 e. The zero-order chi connectivity index (χ0) is 24.1. The summed E-state index contributed by atoms with van der Waals surface area (Å²) in [5.41, 5.74) is 1.61. The number of hydrogen-bond acceptors (Lipinski definition) is 7. The summed E-state index contributed by atoms with van der Waals surface area (Å²) < 4.78 is 6.49. The first-order chi connectivity index (χ1) is 16.4. The van der Waals surface area contributed by atoms with E-state index >= 15 is 0 Å². The van der Waals surface area contributed by atoms with Crippen LogP contribution in [0.15, 0.2) is 65.1 Å². The van der Waals surface area contributed by atoms with Gasteiger partial charge in [-0.05, 0) is 48.9 Å². The zero-order valence-corrected chi connectivity index (χ0v) is 18.9. The molecule has 0 atom stereocenters. The molecule has 0 saturated heterocycles. The molecule has 172 valence electrons. The number of benzene rings is 2. The summed E-state index contributed by atoms with van der Waals surface area (Å²) in [5, 5.41) is 17.3. The van der Waals surface area contributed by atoms with Crippen LogP contribution in [0.5, 0.6) is 0 Å². The highest BCUT2D eigenvalue weighted by molar-refractivity contribution is 7.22. The maximum absolute atomic E-state index is 12.4. The van der Waals surface area contributed by atoms with E-state index in [0.717, 1.165) is 16.6 Å². The number of nitro groups is 1. The third kappa shape index (κ3) is 5.36. The molecule has 10 heteroatoms. The molecule has 0 aliphatic rings. The van der Waals surface area contributed by atoms with Crippen LogP contribution in [0.4, 0.5) is 16.5 Å². The van der Waals surface area contributed by atoms with E-state index in [1.807, 2.05) is 6.92 Å². The Balaban J connectivity index is 1.42. The molecule has 4 aromatic rings. The van der Waals surface area contributed by atoms with Gasteiger partial charge in [-0.25, -0.2) is 4.98 Å². The molecule has 2 amide bonds. The number of rotatable bonds is 8. The first kappa shape index (κ1) is 22.9. The molecule has 0 aliphatic heterocycles. The van der Waals surface area contributed by atoms with Crippen LogP contribution in [0.3, 0.4) is 0 Å². The minimum absolute atomic E-state index is 0.0586. The van der Waals surface area contributed by atoms with Crippen LogP contribution in [0.1, 0.15) is 25.5 Å². The number of anilines is 2. The summed E-state index contributed by atoms with van der Waals surface area (Å²) in [6.07, 6.45) is 3.99. The highest BCUT2D eigenvalue weighted by Gasteiger charge is 2.16. The molecule has 2 aromatic heterocycles. The summed E-state index contributed by atoms with van der Waals surface area (Å²) in [4.78, 5) is 39.3. The predicted octanol–water partition coefficient (Wildman–Crippen LogP) is 5.86. The largest absolute Gasteiger partial charge is 0.456 e. The smallest absolute Gasteiger partial charge is 0.280 e. The van der Waals surface area contributed by atoms with Crippen LogP contribution in [-0.2, 0) is 9.59 Å². The lowest BCUT2D eigenvalue weighted by molar-refractivity contribution is -0.384. The maximum atomic E-state index is 12.4. The molecule has 2 N–H and O–H groups in total. The Labute approximate surface area is 198 Å². The van der Waals surface area contributed by atoms with Gasteiger partial charge in [-0.15, -0.1) is 0 Å². The van der Waals surface area contributed by atoms with Crippen molar-refractivity contribution in [2.75, 3.05) is 10.6 Å². The van der Waals surface area contributed by atoms with Crippen molar-refractivity contribution >= 4 is 56.0 Å². The number of nitro benzene ring substituents is 1. The quantitative estimate of drug-likeness (QED) is 0.186. The predicted molar refractivity (Wildman–Crippen MR) is 132 cm³/mol. The second-order valence-electron chi connectivity index (χ2n) is 7.30. The lowest BCUT2D eigenvalue weighted by Gasteiger charge is -2.01. The van der Waals surface area contributed by atoms with Crippen molar-refractivity contribution in [2.24, 2.45) is 0 Å². The molecule has 2 aromatic carbocycles. The Kier molecular flexibility index (Phi) is 6.79. The van der Waals surface area contributed by atoms with E-state index in [1.54, 1.807) is 48.5 Å². The van der Waals surface area contributed by atoms with E-state index in [2.05, 4.69) is 15.6 Å². The molecule has 0 unspecified atom stereocenters. The summed E-state index contributed by atoms with van der Waals surface area (Å²) in [5.74, 6) is 0.269. The summed E-state index contributed by atoms with van der Waals surface area (Å²) >= 11 is 1.33. The molecule has 0 bridgehead atoms. The fourth-order valence-electron chi connectivity index (χ4n) is 3.23. The number of nitrogens with zero attached hydrogens (tertiary/aromatic N) is 2. The van der Waals surface area contributed by atoms with Gasteiger partial charge in [-0.3, -0.25) is 19.7 Å². The molecular formula is C24H20N4O5S. The van der Waals surface area contributed by atoms with Gasteiger partial charge in [0.15, 0.2) is 5.13 Å². The highest BCUT2D eigenvalue weighted by Crippen LogP contribution is 2.31. The molecule has 0 fully saturated rings. The molecular weight excluding hydrogens is 456 g/mol. The van der Waals surface area contributed by atoms with Gasteiger partial charge in [0.25, 0.3) is 5.69 Å². The van der Waals surface area contributed by atoms with Crippen LogP contribution in [0.25, 0.3) is 27.6 Å². The van der Waals surface area contributed by atoms with Gasteiger partial charge in [-0.1, -0.05) is 30.4 Å². The first-order valence-electron chi connectivity index (χ1n) is 10.5. The van der Waals surface area contributed by atoms with Crippen molar-refractivity contribution in [2.45, 2.75) is 19.8 Å². The minimum atomic E-state index is -0.469. The van der Waals surface area contributed by atoms with Gasteiger partial charge in [-0.2, -0.15) is 0 Å². The lowest BCUT2D eigenvalue weighted by atomic mass is 10.1. The Morgan fingerprint density at radius 2 is 1.97 bits per heavy atom. The molecule has 0 radical (unpaired) electrons. The molecule has 0 spiro atoms. The fourth-order valence-corrected chi connectivity index (χ4v) is 4.16. The van der Waals surface area contributed by atoms with Gasteiger partial charge in [0.2, 0.25) is 11.8 Å². The monoisotopic (exact) mass is 476 g/mol. The molecule has 0 aliphatic carbocycles. The van der Waals surface area contributed by atoms with Gasteiger partial charge in [0.05, 0.1) is 20.7 Å². The molecule has 9 nitrogen and oxygen atoms in total. The fraction of sp³-hybridized carbons (Fsp3) is 0.125. The van der Waals surface area contributed by atoms with E-state index in [4.69, 9.17) is 4.42 Å². The zero-order valence-electron chi connectivity index (χ0n) is 18.1. The van der Waals surface area contributed by atoms with Crippen molar-refractivity contribution < 1.29 is 18.9 Å². The number of aromatic nitrogens is 1. The van der Waals surface area contributed by atoms with E-state index in [9.17, 15) is 19.7 Å². The van der Waals surface area contributed by atoms with Crippen molar-refractivity contribution in [3.8, 4) is 11.3 Å². The van der Waals surface area contributed by atoms with E-state index in [1.165, 1.54) is 29.6 Å². The molecule has 0 saturated carbocycles. The SMILES string of the molecule is CCCC(=O)Nc1nc2ccc(NC(=O)/C=C/c3ccc(-c4ccccc4[N+](=O)[O-])o3)cc2s1. The number of thiazole rings is 1. The number of para-hydroxylation sites is 1. The Morgan fingerprint density at radius 3 is 2.76 bits per heavy atom. The van der Waals surface area contributed by atoms with Crippen LogP contribution in [0.2, 0.25) is 0 Å². The molecule has 34 heavy (non-hydrogen) atoms. The Hall–Kier alpha value is -4.31. The summed E-state index contributed by atoms with van der Waals surface area (Å²) in [7, 11) is 0. The summed E-state index contributed by atoms with van der Waals surface area (Å²) in [6, 6.07) is 14.8. The van der Waals surface area contributed by atoms with E-state index < -0.39 is 4.92 Å². The third-order valence-electron chi connectivity index (χ3n) is 4.77. The number of hydrogen-bond donors (Lipinski definition) is 2. The normalized spacial score (nSPS) is 11.1. The first-order valence-corrected chi connectivity index (χ1v) is 11.3.